The minimum absolute atomic E-state index is 0.0373. The molecule has 0 saturated carbocycles. The Kier molecular flexibility index (Phi) is 6.88. The number of rotatable bonds is 9. The second-order valence-corrected chi connectivity index (χ2v) is 7.31. The maximum absolute atomic E-state index is 12.9. The normalized spacial score (nSPS) is 11.9. The van der Waals surface area contributed by atoms with Crippen LogP contribution in [-0.4, -0.2) is 27.5 Å². The first-order valence-corrected chi connectivity index (χ1v) is 9.97. The monoisotopic (exact) mass is 415 g/mol. The number of carbonyl (C=O) groups is 2. The van der Waals surface area contributed by atoms with Gasteiger partial charge in [-0.05, 0) is 49.2 Å². The number of hydrogen-bond acceptors (Lipinski definition) is 3. The van der Waals surface area contributed by atoms with E-state index in [1.54, 1.807) is 12.1 Å². The fraction of sp³-hybridized carbons (Fsp3) is 0.154. The number of nitrogens with zero attached hydrogens (tertiary/aromatic N) is 1. The number of hydrogen-bond donors (Lipinski definition) is 1. The van der Waals surface area contributed by atoms with Crippen LogP contribution in [0.2, 0.25) is 0 Å². The highest BCUT2D eigenvalue weighted by atomic mass is 16.5. The van der Waals surface area contributed by atoms with Crippen molar-refractivity contribution in [3.8, 4) is 5.75 Å². The molecule has 0 aliphatic carbocycles. The first kappa shape index (κ1) is 21.8. The van der Waals surface area contributed by atoms with Gasteiger partial charge in [-0.25, -0.2) is 4.79 Å². The zero-order valence-electron chi connectivity index (χ0n) is 17.6. The Labute approximate surface area is 181 Å². The molecule has 0 unspecified atom stereocenters. The molecule has 0 saturated heterocycles. The fourth-order valence-corrected chi connectivity index (χ4v) is 3.08. The Balaban J connectivity index is 1.69. The quantitative estimate of drug-likeness (QED) is 0.481. The highest BCUT2D eigenvalue weighted by Crippen LogP contribution is 2.18. The largest absolute Gasteiger partial charge is 0.479 e. The van der Waals surface area contributed by atoms with Crippen molar-refractivity contribution < 1.29 is 19.4 Å². The third-order valence-electron chi connectivity index (χ3n) is 4.83. The number of ketones is 1. The average molecular weight is 415 g/mol. The van der Waals surface area contributed by atoms with Gasteiger partial charge < -0.3 is 14.4 Å². The van der Waals surface area contributed by atoms with E-state index in [0.29, 0.717) is 23.6 Å². The lowest BCUT2D eigenvalue weighted by molar-refractivity contribution is -0.144. The van der Waals surface area contributed by atoms with Crippen LogP contribution < -0.4 is 4.74 Å². The molecule has 5 heteroatoms. The molecule has 0 amide bonds. The number of ether oxygens (including phenoxy) is 1. The Bertz CT molecular complexity index is 1120. The predicted octanol–water partition coefficient (Wildman–Crippen LogP) is 5.32. The molecule has 1 atom stereocenters. The predicted molar refractivity (Wildman–Crippen MR) is 122 cm³/mol. The van der Waals surface area contributed by atoms with Crippen molar-refractivity contribution in [2.24, 2.45) is 0 Å². The molecule has 3 aromatic rings. The molecule has 1 heterocycles. The van der Waals surface area contributed by atoms with E-state index in [-0.39, 0.29) is 5.78 Å². The van der Waals surface area contributed by atoms with E-state index in [4.69, 9.17) is 9.84 Å². The molecular formula is C26H25NO4. The first-order valence-electron chi connectivity index (χ1n) is 9.97. The van der Waals surface area contributed by atoms with Gasteiger partial charge in [-0.3, -0.25) is 4.79 Å². The molecule has 0 aliphatic heterocycles. The summed E-state index contributed by atoms with van der Waals surface area (Å²) in [5, 5.41) is 8.98. The van der Waals surface area contributed by atoms with E-state index in [1.807, 2.05) is 78.4 Å². The summed E-state index contributed by atoms with van der Waals surface area (Å²) in [5.74, 6) is -0.558. The molecule has 0 spiro atoms. The Morgan fingerprint density at radius 3 is 2.48 bits per heavy atom. The van der Waals surface area contributed by atoms with Gasteiger partial charge in [0.25, 0.3) is 0 Å². The number of carbonyl (C=O) groups excluding carboxylic acids is 1. The number of carboxylic acid groups (broad SMARTS) is 1. The zero-order chi connectivity index (χ0) is 22.4. The lowest BCUT2D eigenvalue weighted by Crippen LogP contribution is -2.22. The minimum Gasteiger partial charge on any atom is -0.479 e. The second kappa shape index (κ2) is 9.76. The molecule has 0 bridgehead atoms. The molecular weight excluding hydrogens is 390 g/mol. The third-order valence-corrected chi connectivity index (χ3v) is 4.83. The molecule has 1 aromatic heterocycles. The maximum atomic E-state index is 12.9. The van der Waals surface area contributed by atoms with E-state index in [0.717, 1.165) is 16.7 Å². The van der Waals surface area contributed by atoms with Crippen molar-refractivity contribution in [2.75, 3.05) is 0 Å². The summed E-state index contributed by atoms with van der Waals surface area (Å²) in [4.78, 5) is 23.9. The standard InChI is InChI=1S/C26H25NO4/c1-18(2)21-11-13-22(14-12-21)25(28)24-10-6-16-27(24)15-5-8-20-7-4-9-23(17-20)31-19(3)26(29)30/h4-14,16-17,19H,1,15H2,2-3H3,(H,29,30)/t19-/m0/s1. The van der Waals surface area contributed by atoms with Crippen LogP contribution >= 0.6 is 0 Å². The van der Waals surface area contributed by atoms with Crippen LogP contribution in [0.25, 0.3) is 11.6 Å². The van der Waals surface area contributed by atoms with Crippen LogP contribution in [0.1, 0.15) is 41.0 Å². The summed E-state index contributed by atoms with van der Waals surface area (Å²) >= 11 is 0. The van der Waals surface area contributed by atoms with Crippen molar-refractivity contribution in [2.45, 2.75) is 26.5 Å². The Morgan fingerprint density at radius 1 is 1.10 bits per heavy atom. The highest BCUT2D eigenvalue weighted by Gasteiger charge is 2.13. The number of aliphatic carboxylic acids is 1. The van der Waals surface area contributed by atoms with Crippen molar-refractivity contribution in [3.63, 3.8) is 0 Å². The van der Waals surface area contributed by atoms with Gasteiger partial charge in [-0.15, -0.1) is 0 Å². The van der Waals surface area contributed by atoms with Gasteiger partial charge in [0.05, 0.1) is 5.69 Å². The summed E-state index contributed by atoms with van der Waals surface area (Å²) < 4.78 is 7.29. The van der Waals surface area contributed by atoms with Gasteiger partial charge in [0.15, 0.2) is 6.10 Å². The average Bonchev–Trinajstić information content (AvgIpc) is 3.22. The fourth-order valence-electron chi connectivity index (χ4n) is 3.08. The van der Waals surface area contributed by atoms with Crippen molar-refractivity contribution in [1.29, 1.82) is 0 Å². The topological polar surface area (TPSA) is 68.5 Å². The van der Waals surface area contributed by atoms with Gasteiger partial charge in [-0.2, -0.15) is 0 Å². The summed E-state index contributed by atoms with van der Waals surface area (Å²) in [7, 11) is 0. The molecule has 31 heavy (non-hydrogen) atoms. The maximum Gasteiger partial charge on any atom is 0.344 e. The van der Waals surface area contributed by atoms with E-state index in [2.05, 4.69) is 6.58 Å². The van der Waals surface area contributed by atoms with Gasteiger partial charge >= 0.3 is 5.97 Å². The molecule has 0 radical (unpaired) electrons. The van der Waals surface area contributed by atoms with Crippen LogP contribution in [0.4, 0.5) is 0 Å². The minimum atomic E-state index is -1.01. The highest BCUT2D eigenvalue weighted by molar-refractivity contribution is 6.08. The van der Waals surface area contributed by atoms with Crippen molar-refractivity contribution in [3.05, 3.63) is 102 Å². The molecule has 0 fully saturated rings. The third kappa shape index (κ3) is 5.60. The smallest absolute Gasteiger partial charge is 0.344 e. The molecule has 3 rings (SSSR count). The second-order valence-electron chi connectivity index (χ2n) is 7.31. The van der Waals surface area contributed by atoms with Crippen LogP contribution in [0, 0.1) is 0 Å². The first-order chi connectivity index (χ1) is 14.8. The van der Waals surface area contributed by atoms with Crippen molar-refractivity contribution >= 4 is 23.4 Å². The molecule has 2 aromatic carbocycles. The summed E-state index contributed by atoms with van der Waals surface area (Å²) in [6.07, 6.45) is 4.81. The lowest BCUT2D eigenvalue weighted by atomic mass is 10.0. The molecule has 0 aliphatic rings. The zero-order valence-corrected chi connectivity index (χ0v) is 17.6. The van der Waals surface area contributed by atoms with Crippen LogP contribution in [-0.2, 0) is 11.3 Å². The number of benzene rings is 2. The summed E-state index contributed by atoms with van der Waals surface area (Å²) in [5.41, 5.74) is 4.09. The number of aromatic nitrogens is 1. The van der Waals surface area contributed by atoms with E-state index < -0.39 is 12.1 Å². The Morgan fingerprint density at radius 2 is 1.81 bits per heavy atom. The molecule has 158 valence electrons. The lowest BCUT2D eigenvalue weighted by Gasteiger charge is -2.10. The van der Waals surface area contributed by atoms with Crippen LogP contribution in [0.15, 0.2) is 79.5 Å². The Hall–Kier alpha value is -3.86. The van der Waals surface area contributed by atoms with E-state index in [9.17, 15) is 9.59 Å². The van der Waals surface area contributed by atoms with Gasteiger partial charge in [0.2, 0.25) is 5.78 Å². The SMILES string of the molecule is C=C(C)c1ccc(C(=O)c2cccn2CC=Cc2cccc(O[C@@H](C)C(=O)O)c2)cc1. The van der Waals surface area contributed by atoms with Gasteiger partial charge in [0, 0.05) is 18.3 Å². The summed E-state index contributed by atoms with van der Waals surface area (Å²) in [6, 6.07) is 18.3. The van der Waals surface area contributed by atoms with E-state index in [1.165, 1.54) is 6.92 Å². The van der Waals surface area contributed by atoms with Gasteiger partial charge in [-0.1, -0.05) is 60.7 Å². The van der Waals surface area contributed by atoms with Crippen molar-refractivity contribution in [1.82, 2.24) is 4.57 Å². The molecule has 5 nitrogen and oxygen atoms in total. The summed E-state index contributed by atoms with van der Waals surface area (Å²) in [6.45, 7) is 7.86. The van der Waals surface area contributed by atoms with Crippen LogP contribution in [0.5, 0.6) is 5.75 Å². The van der Waals surface area contributed by atoms with E-state index >= 15 is 0 Å². The number of allylic oxidation sites excluding steroid dienone is 2. The number of carboxylic acids is 1. The van der Waals surface area contributed by atoms with Crippen LogP contribution in [0.3, 0.4) is 0 Å². The van der Waals surface area contributed by atoms with Gasteiger partial charge in [0.1, 0.15) is 5.75 Å². The molecule has 1 N–H and O–H groups in total.